The molecule has 0 N–H and O–H groups in total. The second-order valence-corrected chi connectivity index (χ2v) is 3.41. The Kier molecular flexibility index (Phi) is 3.48. The van der Waals surface area contributed by atoms with Crippen LogP contribution in [0.5, 0.6) is 0 Å². The van der Waals surface area contributed by atoms with Crippen molar-refractivity contribution >= 4 is 0 Å². The summed E-state index contributed by atoms with van der Waals surface area (Å²) in [5, 5.41) is 0. The zero-order valence-corrected chi connectivity index (χ0v) is 9.04. The van der Waals surface area contributed by atoms with Gasteiger partial charge in [-0.05, 0) is 27.4 Å². The lowest BCUT2D eigenvalue weighted by Crippen LogP contribution is -2.19. The van der Waals surface area contributed by atoms with E-state index in [-0.39, 0.29) is 0 Å². The number of hydrogen-bond acceptors (Lipinski definition) is 2. The summed E-state index contributed by atoms with van der Waals surface area (Å²) in [6.45, 7) is 9.37. The van der Waals surface area contributed by atoms with Crippen LogP contribution in [-0.4, -0.2) is 28.0 Å². The highest BCUT2D eigenvalue weighted by molar-refractivity contribution is 5.01. The van der Waals surface area contributed by atoms with Crippen LogP contribution >= 0.6 is 0 Å². The summed E-state index contributed by atoms with van der Waals surface area (Å²) in [7, 11) is 2.12. The molecule has 0 amide bonds. The molecule has 3 heteroatoms. The van der Waals surface area contributed by atoms with Gasteiger partial charge in [-0.25, -0.2) is 4.98 Å². The van der Waals surface area contributed by atoms with Gasteiger partial charge in [0.2, 0.25) is 0 Å². The van der Waals surface area contributed by atoms with Crippen LogP contribution in [0.15, 0.2) is 6.20 Å². The Morgan fingerprint density at radius 3 is 2.69 bits per heavy atom. The molecule has 0 bridgehead atoms. The van der Waals surface area contributed by atoms with Gasteiger partial charge in [-0.3, -0.25) is 4.90 Å². The molecule has 0 radical (unpaired) electrons. The van der Waals surface area contributed by atoms with Gasteiger partial charge in [-0.15, -0.1) is 0 Å². The van der Waals surface area contributed by atoms with Crippen molar-refractivity contribution in [3.63, 3.8) is 0 Å². The molecule has 0 aliphatic heterocycles. The quantitative estimate of drug-likeness (QED) is 0.704. The van der Waals surface area contributed by atoms with E-state index in [0.717, 1.165) is 25.3 Å². The molecule has 0 saturated heterocycles. The van der Waals surface area contributed by atoms with Crippen LogP contribution in [0.1, 0.15) is 25.4 Å². The molecule has 0 aliphatic rings. The molecular weight excluding hydrogens is 162 g/mol. The first-order chi connectivity index (χ1) is 6.17. The number of aromatic nitrogens is 2. The van der Waals surface area contributed by atoms with Crippen LogP contribution in [0.4, 0.5) is 0 Å². The van der Waals surface area contributed by atoms with Gasteiger partial charge in [0.1, 0.15) is 5.82 Å². The second kappa shape index (κ2) is 4.42. The summed E-state index contributed by atoms with van der Waals surface area (Å²) in [6.07, 6.45) is 2.11. The Hall–Kier alpha value is -0.830. The van der Waals surface area contributed by atoms with Crippen molar-refractivity contribution in [2.75, 3.05) is 13.6 Å². The maximum absolute atomic E-state index is 4.49. The fourth-order valence-corrected chi connectivity index (χ4v) is 1.35. The van der Waals surface area contributed by atoms with Crippen LogP contribution in [0.2, 0.25) is 0 Å². The molecule has 1 aromatic rings. The third-order valence-corrected chi connectivity index (χ3v) is 2.27. The predicted molar refractivity (Wildman–Crippen MR) is 54.6 cm³/mol. The molecule has 13 heavy (non-hydrogen) atoms. The first-order valence-electron chi connectivity index (χ1n) is 4.88. The van der Waals surface area contributed by atoms with Crippen molar-refractivity contribution < 1.29 is 0 Å². The van der Waals surface area contributed by atoms with Crippen molar-refractivity contribution in [1.29, 1.82) is 0 Å². The van der Waals surface area contributed by atoms with Crippen LogP contribution in [-0.2, 0) is 13.1 Å². The molecule has 0 unspecified atom stereocenters. The molecule has 0 atom stereocenters. The van der Waals surface area contributed by atoms with Crippen LogP contribution in [0, 0.1) is 6.92 Å². The van der Waals surface area contributed by atoms with E-state index in [1.54, 1.807) is 0 Å². The van der Waals surface area contributed by atoms with Crippen molar-refractivity contribution in [3.05, 3.63) is 17.7 Å². The van der Waals surface area contributed by atoms with Crippen molar-refractivity contribution in [3.8, 4) is 0 Å². The minimum absolute atomic E-state index is 0.943. The Bertz CT molecular complexity index is 265. The highest BCUT2D eigenvalue weighted by Gasteiger charge is 2.05. The number of hydrogen-bond donors (Lipinski definition) is 0. The average molecular weight is 181 g/mol. The number of nitrogens with zero attached hydrogens (tertiary/aromatic N) is 3. The van der Waals surface area contributed by atoms with E-state index in [1.807, 2.05) is 6.92 Å². The summed E-state index contributed by atoms with van der Waals surface area (Å²) < 4.78 is 2.21. The lowest BCUT2D eigenvalue weighted by molar-refractivity contribution is 0.330. The fraction of sp³-hybridized carbons (Fsp3) is 0.700. The Morgan fingerprint density at radius 1 is 1.46 bits per heavy atom. The summed E-state index contributed by atoms with van der Waals surface area (Å²) in [4.78, 5) is 6.75. The van der Waals surface area contributed by atoms with Gasteiger partial charge in [0, 0.05) is 12.7 Å². The van der Waals surface area contributed by atoms with E-state index in [2.05, 4.69) is 41.5 Å². The predicted octanol–water partition coefficient (Wildman–Crippen LogP) is 1.66. The highest BCUT2D eigenvalue weighted by atomic mass is 15.2. The first-order valence-corrected chi connectivity index (χ1v) is 4.88. The number of rotatable bonds is 4. The molecule has 1 rings (SSSR count). The summed E-state index contributed by atoms with van der Waals surface area (Å²) in [5.41, 5.74) is 1.11. The standard InChI is InChI=1S/C10H19N3/c1-5-12(4)8-10-11-9(3)7-13(10)6-2/h7H,5-6,8H2,1-4H3. The van der Waals surface area contributed by atoms with E-state index in [4.69, 9.17) is 0 Å². The van der Waals surface area contributed by atoms with Gasteiger partial charge >= 0.3 is 0 Å². The maximum atomic E-state index is 4.49. The van der Waals surface area contributed by atoms with Crippen molar-refractivity contribution in [1.82, 2.24) is 14.5 Å². The van der Waals surface area contributed by atoms with Gasteiger partial charge in [-0.1, -0.05) is 6.92 Å². The summed E-state index contributed by atoms with van der Waals surface area (Å²) >= 11 is 0. The SMILES string of the molecule is CCN(C)Cc1nc(C)cn1CC. The van der Waals surface area contributed by atoms with Gasteiger partial charge in [0.25, 0.3) is 0 Å². The van der Waals surface area contributed by atoms with Gasteiger partial charge < -0.3 is 4.57 Å². The first kappa shape index (κ1) is 10.3. The van der Waals surface area contributed by atoms with Gasteiger partial charge in [0.05, 0.1) is 12.2 Å². The maximum Gasteiger partial charge on any atom is 0.123 e. The normalized spacial score (nSPS) is 11.2. The third-order valence-electron chi connectivity index (χ3n) is 2.27. The average Bonchev–Trinajstić information content (AvgIpc) is 2.46. The molecule has 3 nitrogen and oxygen atoms in total. The fourth-order valence-electron chi connectivity index (χ4n) is 1.35. The minimum Gasteiger partial charge on any atom is -0.334 e. The zero-order valence-electron chi connectivity index (χ0n) is 9.04. The van der Waals surface area contributed by atoms with E-state index < -0.39 is 0 Å². The van der Waals surface area contributed by atoms with Gasteiger partial charge in [0.15, 0.2) is 0 Å². The Labute approximate surface area is 80.4 Å². The largest absolute Gasteiger partial charge is 0.334 e. The molecule has 0 aliphatic carbocycles. The monoisotopic (exact) mass is 181 g/mol. The minimum atomic E-state index is 0.943. The highest BCUT2D eigenvalue weighted by Crippen LogP contribution is 2.04. The van der Waals surface area contributed by atoms with Crippen molar-refractivity contribution in [2.24, 2.45) is 0 Å². The zero-order chi connectivity index (χ0) is 9.84. The number of imidazole rings is 1. The van der Waals surface area contributed by atoms with E-state index in [9.17, 15) is 0 Å². The smallest absolute Gasteiger partial charge is 0.123 e. The van der Waals surface area contributed by atoms with E-state index in [1.165, 1.54) is 5.82 Å². The summed E-state index contributed by atoms with van der Waals surface area (Å²) in [5.74, 6) is 1.17. The van der Waals surface area contributed by atoms with E-state index in [0.29, 0.717) is 0 Å². The third kappa shape index (κ3) is 2.56. The van der Waals surface area contributed by atoms with Crippen molar-refractivity contribution in [2.45, 2.75) is 33.9 Å². The number of aryl methyl sites for hydroxylation is 2. The molecule has 0 aromatic carbocycles. The van der Waals surface area contributed by atoms with E-state index >= 15 is 0 Å². The lowest BCUT2D eigenvalue weighted by atomic mass is 10.5. The molecule has 1 heterocycles. The summed E-state index contributed by atoms with van der Waals surface area (Å²) in [6, 6.07) is 0. The van der Waals surface area contributed by atoms with Gasteiger partial charge in [-0.2, -0.15) is 0 Å². The molecule has 0 spiro atoms. The lowest BCUT2D eigenvalue weighted by Gasteiger charge is -2.13. The van der Waals surface area contributed by atoms with Crippen LogP contribution in [0.25, 0.3) is 0 Å². The molecule has 1 aromatic heterocycles. The molecule has 74 valence electrons. The molecule has 0 saturated carbocycles. The molecule has 0 fully saturated rings. The Balaban J connectivity index is 2.74. The van der Waals surface area contributed by atoms with Crippen LogP contribution in [0.3, 0.4) is 0 Å². The molecular formula is C10H19N3. The Morgan fingerprint density at radius 2 is 2.15 bits per heavy atom. The van der Waals surface area contributed by atoms with Crippen LogP contribution < -0.4 is 0 Å². The second-order valence-electron chi connectivity index (χ2n) is 3.41. The topological polar surface area (TPSA) is 21.1 Å².